The predicted molar refractivity (Wildman–Crippen MR) is 76.4 cm³/mol. The van der Waals surface area contributed by atoms with E-state index in [-0.39, 0.29) is 5.82 Å². The summed E-state index contributed by atoms with van der Waals surface area (Å²) in [5, 5.41) is 3.46. The Hall–Kier alpha value is -1.67. The minimum Gasteiger partial charge on any atom is -0.310 e. The highest BCUT2D eigenvalue weighted by atomic mass is 19.1. The quantitative estimate of drug-likeness (QED) is 0.869. The van der Waals surface area contributed by atoms with E-state index in [0.29, 0.717) is 11.6 Å². The highest BCUT2D eigenvalue weighted by Gasteiger charge is 2.20. The number of hydrogen-bond acceptors (Lipinski definition) is 1. The van der Waals surface area contributed by atoms with Gasteiger partial charge in [0.15, 0.2) is 0 Å². The lowest BCUT2D eigenvalue weighted by Crippen LogP contribution is -2.15. The zero-order chi connectivity index (χ0) is 13.2. The summed E-state index contributed by atoms with van der Waals surface area (Å²) in [6.07, 6.45) is 2.54. The molecule has 3 rings (SSSR count). The molecule has 1 aliphatic rings. The third kappa shape index (κ3) is 2.85. The number of aryl methyl sites for hydroxylation is 1. The maximum Gasteiger partial charge on any atom is 0.131 e. The van der Waals surface area contributed by atoms with Crippen molar-refractivity contribution in [1.29, 1.82) is 0 Å². The summed E-state index contributed by atoms with van der Waals surface area (Å²) in [4.78, 5) is 0. The smallest absolute Gasteiger partial charge is 0.131 e. The number of rotatable bonds is 4. The average Bonchev–Trinajstić information content (AvgIpc) is 3.23. The second-order valence-corrected chi connectivity index (χ2v) is 5.28. The molecule has 0 radical (unpaired) electrons. The molecule has 2 aromatic rings. The van der Waals surface area contributed by atoms with E-state index < -0.39 is 0 Å². The van der Waals surface area contributed by atoms with Gasteiger partial charge in [0.25, 0.3) is 0 Å². The molecular formula is C17H18FN. The number of benzene rings is 2. The minimum atomic E-state index is -0.149. The van der Waals surface area contributed by atoms with Crippen LogP contribution in [0.4, 0.5) is 4.39 Å². The fourth-order valence-corrected chi connectivity index (χ4v) is 2.31. The standard InChI is InChI=1S/C17H18FN/c1-12-4-2-3-5-15(12)16-10-13(6-9-17(16)18)11-19-14-7-8-14/h2-6,9-10,14,19H,7-8,11H2,1H3. The van der Waals surface area contributed by atoms with Crippen LogP contribution in [0, 0.1) is 12.7 Å². The Morgan fingerprint density at radius 3 is 2.63 bits per heavy atom. The summed E-state index contributed by atoms with van der Waals surface area (Å²) >= 11 is 0. The van der Waals surface area contributed by atoms with E-state index in [1.165, 1.54) is 12.8 Å². The van der Waals surface area contributed by atoms with Crippen molar-refractivity contribution in [3.05, 3.63) is 59.4 Å². The van der Waals surface area contributed by atoms with Crippen LogP contribution < -0.4 is 5.32 Å². The summed E-state index contributed by atoms with van der Waals surface area (Å²) in [6.45, 7) is 2.84. The van der Waals surface area contributed by atoms with Crippen LogP contribution in [0.2, 0.25) is 0 Å². The van der Waals surface area contributed by atoms with Gasteiger partial charge in [-0.1, -0.05) is 30.3 Å². The Morgan fingerprint density at radius 2 is 1.89 bits per heavy atom. The first-order chi connectivity index (χ1) is 9.24. The third-order valence-electron chi connectivity index (χ3n) is 3.64. The number of hydrogen-bond donors (Lipinski definition) is 1. The topological polar surface area (TPSA) is 12.0 Å². The average molecular weight is 255 g/mol. The van der Waals surface area contributed by atoms with Gasteiger partial charge in [0, 0.05) is 18.2 Å². The van der Waals surface area contributed by atoms with Crippen LogP contribution in [0.15, 0.2) is 42.5 Å². The van der Waals surface area contributed by atoms with Crippen LogP contribution in [-0.2, 0) is 6.54 Å². The van der Waals surface area contributed by atoms with Gasteiger partial charge < -0.3 is 5.32 Å². The summed E-state index contributed by atoms with van der Waals surface area (Å²) in [5.74, 6) is -0.149. The SMILES string of the molecule is Cc1ccccc1-c1cc(CNC2CC2)ccc1F. The zero-order valence-electron chi connectivity index (χ0n) is 11.1. The van der Waals surface area contributed by atoms with E-state index in [4.69, 9.17) is 0 Å². The molecule has 0 heterocycles. The maximum atomic E-state index is 14.0. The molecule has 1 fully saturated rings. The molecule has 0 unspecified atom stereocenters. The predicted octanol–water partition coefficient (Wildman–Crippen LogP) is 4.05. The molecule has 1 nitrogen and oxygen atoms in total. The van der Waals surface area contributed by atoms with Gasteiger partial charge in [-0.3, -0.25) is 0 Å². The van der Waals surface area contributed by atoms with Crippen molar-refractivity contribution >= 4 is 0 Å². The molecule has 1 N–H and O–H groups in total. The van der Waals surface area contributed by atoms with E-state index in [9.17, 15) is 4.39 Å². The molecule has 1 saturated carbocycles. The molecule has 98 valence electrons. The molecule has 0 amide bonds. The van der Waals surface area contributed by atoms with Gasteiger partial charge in [0.2, 0.25) is 0 Å². The van der Waals surface area contributed by atoms with Crippen LogP contribution in [-0.4, -0.2) is 6.04 Å². The third-order valence-corrected chi connectivity index (χ3v) is 3.64. The molecule has 0 aromatic heterocycles. The van der Waals surface area contributed by atoms with Crippen LogP contribution in [0.1, 0.15) is 24.0 Å². The van der Waals surface area contributed by atoms with Gasteiger partial charge in [-0.25, -0.2) is 4.39 Å². The largest absolute Gasteiger partial charge is 0.310 e. The summed E-state index contributed by atoms with van der Waals surface area (Å²) in [6, 6.07) is 14.0. The van der Waals surface area contributed by atoms with Crippen LogP contribution in [0.5, 0.6) is 0 Å². The molecule has 0 spiro atoms. The van der Waals surface area contributed by atoms with Gasteiger partial charge in [0.05, 0.1) is 0 Å². The van der Waals surface area contributed by atoms with E-state index in [2.05, 4.69) is 5.32 Å². The first-order valence-corrected chi connectivity index (χ1v) is 6.82. The Balaban J connectivity index is 1.90. The maximum absolute atomic E-state index is 14.0. The molecule has 0 aliphatic heterocycles. The second kappa shape index (κ2) is 5.14. The lowest BCUT2D eigenvalue weighted by molar-refractivity contribution is 0.628. The fourth-order valence-electron chi connectivity index (χ4n) is 2.31. The number of nitrogens with one attached hydrogen (secondary N) is 1. The van der Waals surface area contributed by atoms with Crippen LogP contribution in [0.25, 0.3) is 11.1 Å². The van der Waals surface area contributed by atoms with E-state index in [0.717, 1.165) is 23.2 Å². The van der Waals surface area contributed by atoms with Gasteiger partial charge in [-0.15, -0.1) is 0 Å². The summed E-state index contributed by atoms with van der Waals surface area (Å²) < 4.78 is 14.0. The first-order valence-electron chi connectivity index (χ1n) is 6.82. The first kappa shape index (κ1) is 12.4. The highest BCUT2D eigenvalue weighted by molar-refractivity contribution is 5.68. The lowest BCUT2D eigenvalue weighted by atomic mass is 9.98. The molecular weight excluding hydrogens is 237 g/mol. The normalized spacial score (nSPS) is 14.6. The van der Waals surface area contributed by atoms with Crippen LogP contribution in [0.3, 0.4) is 0 Å². The molecule has 1 aliphatic carbocycles. The Morgan fingerprint density at radius 1 is 1.11 bits per heavy atom. The van der Waals surface area contributed by atoms with Crippen molar-refractivity contribution in [2.45, 2.75) is 32.4 Å². The number of halogens is 1. The molecule has 2 heteroatoms. The molecule has 19 heavy (non-hydrogen) atoms. The monoisotopic (exact) mass is 255 g/mol. The Labute approximate surface area is 113 Å². The van der Waals surface area contributed by atoms with E-state index >= 15 is 0 Å². The Bertz CT molecular complexity index is 588. The second-order valence-electron chi connectivity index (χ2n) is 5.28. The van der Waals surface area contributed by atoms with Crippen molar-refractivity contribution in [3.63, 3.8) is 0 Å². The van der Waals surface area contributed by atoms with Crippen molar-refractivity contribution in [1.82, 2.24) is 5.32 Å². The van der Waals surface area contributed by atoms with Gasteiger partial charge in [0.1, 0.15) is 5.82 Å². The highest BCUT2D eigenvalue weighted by Crippen LogP contribution is 2.27. The molecule has 0 bridgehead atoms. The molecule has 0 saturated heterocycles. The van der Waals surface area contributed by atoms with E-state index in [1.54, 1.807) is 6.07 Å². The van der Waals surface area contributed by atoms with Crippen molar-refractivity contribution < 1.29 is 4.39 Å². The fraction of sp³-hybridized carbons (Fsp3) is 0.294. The van der Waals surface area contributed by atoms with Gasteiger partial charge >= 0.3 is 0 Å². The van der Waals surface area contributed by atoms with Crippen LogP contribution >= 0.6 is 0 Å². The molecule has 0 atom stereocenters. The van der Waals surface area contributed by atoms with Gasteiger partial charge in [-0.2, -0.15) is 0 Å². The lowest BCUT2D eigenvalue weighted by Gasteiger charge is -2.10. The molecule has 2 aromatic carbocycles. The summed E-state index contributed by atoms with van der Waals surface area (Å²) in [7, 11) is 0. The van der Waals surface area contributed by atoms with Gasteiger partial charge in [-0.05, 0) is 48.6 Å². The van der Waals surface area contributed by atoms with Crippen molar-refractivity contribution in [2.24, 2.45) is 0 Å². The van der Waals surface area contributed by atoms with Crippen molar-refractivity contribution in [3.8, 4) is 11.1 Å². The van der Waals surface area contributed by atoms with Crippen molar-refractivity contribution in [2.75, 3.05) is 0 Å². The minimum absolute atomic E-state index is 0.149. The Kier molecular flexibility index (Phi) is 3.34. The summed E-state index contributed by atoms with van der Waals surface area (Å²) in [5.41, 5.74) is 3.93. The van der Waals surface area contributed by atoms with E-state index in [1.807, 2.05) is 43.3 Å². The zero-order valence-corrected chi connectivity index (χ0v) is 11.1.